The third-order valence-electron chi connectivity index (χ3n) is 3.15. The molecule has 0 amide bonds. The van der Waals surface area contributed by atoms with E-state index in [0.29, 0.717) is 10.9 Å². The van der Waals surface area contributed by atoms with Crippen LogP contribution >= 0.6 is 0 Å². The number of rotatable bonds is 4. The molecule has 1 N–H and O–H groups in total. The maximum absolute atomic E-state index is 12.2. The Labute approximate surface area is 114 Å². The third kappa shape index (κ3) is 2.42. The highest BCUT2D eigenvalue weighted by atomic mass is 32.2. The number of hydrogen-bond donors (Lipinski definition) is 1. The summed E-state index contributed by atoms with van der Waals surface area (Å²) in [5, 5.41) is 9.98. The zero-order valence-electron chi connectivity index (χ0n) is 10.8. The molecule has 0 spiro atoms. The number of carbonyl (C=O) groups excluding carboxylic acids is 1. The molecule has 0 aliphatic heterocycles. The predicted molar refractivity (Wildman–Crippen MR) is 73.6 cm³/mol. The summed E-state index contributed by atoms with van der Waals surface area (Å²) in [6, 6.07) is 4.02. The first-order chi connectivity index (χ1) is 9.21. The molecule has 1 heterocycles. The van der Waals surface area contributed by atoms with Gasteiger partial charge in [0.1, 0.15) is 5.25 Å². The van der Waals surface area contributed by atoms with Crippen molar-refractivity contribution in [2.24, 2.45) is 0 Å². The van der Waals surface area contributed by atoms with E-state index in [2.05, 4.69) is 4.98 Å². The largest absolute Gasteiger partial charge is 0.360 e. The van der Waals surface area contributed by atoms with Gasteiger partial charge in [0.2, 0.25) is 0 Å². The summed E-state index contributed by atoms with van der Waals surface area (Å²) >= 11 is 0. The van der Waals surface area contributed by atoms with Crippen molar-refractivity contribution in [2.45, 2.75) is 12.2 Å². The highest BCUT2D eigenvalue weighted by Crippen LogP contribution is 2.25. The van der Waals surface area contributed by atoms with E-state index in [0.717, 1.165) is 6.26 Å². The summed E-state index contributed by atoms with van der Waals surface area (Å²) in [6.45, 7) is 1.32. The summed E-state index contributed by atoms with van der Waals surface area (Å²) in [5.74, 6) is -0.535. The Morgan fingerprint density at radius 3 is 2.60 bits per heavy atom. The van der Waals surface area contributed by atoms with Crippen LogP contribution in [0.25, 0.3) is 10.9 Å². The minimum atomic E-state index is -3.49. The van der Waals surface area contributed by atoms with E-state index < -0.39 is 25.8 Å². The molecule has 0 fully saturated rings. The van der Waals surface area contributed by atoms with Crippen LogP contribution in [0.5, 0.6) is 0 Å². The molecule has 2 rings (SSSR count). The van der Waals surface area contributed by atoms with Crippen molar-refractivity contribution in [1.82, 2.24) is 4.98 Å². The van der Waals surface area contributed by atoms with Crippen LogP contribution in [0.2, 0.25) is 0 Å². The molecule has 20 heavy (non-hydrogen) atoms. The second-order valence-electron chi connectivity index (χ2n) is 4.53. The van der Waals surface area contributed by atoms with E-state index in [1.165, 1.54) is 31.3 Å². The van der Waals surface area contributed by atoms with E-state index in [1.54, 1.807) is 0 Å². The molecule has 2 aromatic rings. The minimum Gasteiger partial charge on any atom is -0.360 e. The lowest BCUT2D eigenvalue weighted by molar-refractivity contribution is -0.384. The minimum absolute atomic E-state index is 0.102. The second-order valence-corrected chi connectivity index (χ2v) is 6.89. The van der Waals surface area contributed by atoms with E-state index >= 15 is 0 Å². The zero-order chi connectivity index (χ0) is 15.1. The van der Waals surface area contributed by atoms with E-state index in [-0.39, 0.29) is 11.3 Å². The van der Waals surface area contributed by atoms with Gasteiger partial charge in [-0.05, 0) is 13.0 Å². The van der Waals surface area contributed by atoms with Crippen LogP contribution in [0, 0.1) is 10.1 Å². The third-order valence-corrected chi connectivity index (χ3v) is 4.65. The molecule has 7 nitrogen and oxygen atoms in total. The predicted octanol–water partition coefficient (Wildman–Crippen LogP) is 1.69. The van der Waals surface area contributed by atoms with Crippen molar-refractivity contribution in [2.75, 3.05) is 6.26 Å². The van der Waals surface area contributed by atoms with Crippen molar-refractivity contribution in [3.63, 3.8) is 0 Å². The number of hydrogen-bond acceptors (Lipinski definition) is 5. The number of benzene rings is 1. The van der Waals surface area contributed by atoms with Crippen molar-refractivity contribution in [1.29, 1.82) is 0 Å². The number of aromatic amines is 1. The quantitative estimate of drug-likeness (QED) is 0.524. The Kier molecular flexibility index (Phi) is 3.34. The number of Topliss-reactive ketones (excluding diaryl/α,β-unsaturated/α-hetero) is 1. The summed E-state index contributed by atoms with van der Waals surface area (Å²) in [7, 11) is -3.49. The Bertz CT molecular complexity index is 806. The van der Waals surface area contributed by atoms with Gasteiger partial charge in [-0.2, -0.15) is 0 Å². The van der Waals surface area contributed by atoms with Gasteiger partial charge in [-0.15, -0.1) is 0 Å². The summed E-state index contributed by atoms with van der Waals surface area (Å²) in [4.78, 5) is 25.0. The monoisotopic (exact) mass is 296 g/mol. The van der Waals surface area contributed by atoms with Gasteiger partial charge in [0, 0.05) is 35.5 Å². The molecule has 0 saturated heterocycles. The molecule has 0 aliphatic rings. The van der Waals surface area contributed by atoms with Crippen LogP contribution in [0.1, 0.15) is 17.3 Å². The van der Waals surface area contributed by atoms with Crippen molar-refractivity contribution >= 4 is 32.2 Å². The van der Waals surface area contributed by atoms with Crippen LogP contribution in [-0.2, 0) is 9.84 Å². The smallest absolute Gasteiger partial charge is 0.271 e. The molecule has 0 aliphatic carbocycles. The lowest BCUT2D eigenvalue weighted by Crippen LogP contribution is -2.26. The number of carbonyl (C=O) groups is 1. The van der Waals surface area contributed by atoms with Gasteiger partial charge in [0.05, 0.1) is 10.4 Å². The Morgan fingerprint density at radius 2 is 2.05 bits per heavy atom. The first-order valence-corrected chi connectivity index (χ1v) is 7.66. The first kappa shape index (κ1) is 14.2. The number of nitrogens with one attached hydrogen (secondary N) is 1. The topological polar surface area (TPSA) is 110 Å². The number of non-ortho nitro benzene ring substituents is 1. The number of sulfone groups is 1. The molecule has 1 unspecified atom stereocenters. The number of ketones is 1. The molecule has 8 heteroatoms. The zero-order valence-corrected chi connectivity index (χ0v) is 11.6. The van der Waals surface area contributed by atoms with E-state index in [1.807, 2.05) is 0 Å². The molecule has 0 radical (unpaired) electrons. The number of fused-ring (bicyclic) bond motifs is 1. The normalized spacial score (nSPS) is 13.3. The fourth-order valence-electron chi connectivity index (χ4n) is 1.85. The summed E-state index contributed by atoms with van der Waals surface area (Å²) < 4.78 is 22.9. The van der Waals surface area contributed by atoms with E-state index in [9.17, 15) is 23.3 Å². The summed E-state index contributed by atoms with van der Waals surface area (Å²) in [5.41, 5.74) is 0.533. The second kappa shape index (κ2) is 4.71. The molecule has 0 saturated carbocycles. The van der Waals surface area contributed by atoms with Crippen molar-refractivity contribution < 1.29 is 18.1 Å². The van der Waals surface area contributed by atoms with Crippen LogP contribution in [0.3, 0.4) is 0 Å². The lowest BCUT2D eigenvalue weighted by Gasteiger charge is -2.06. The average Bonchev–Trinajstić information content (AvgIpc) is 2.78. The number of H-pyrrole nitrogens is 1. The molecule has 106 valence electrons. The summed E-state index contributed by atoms with van der Waals surface area (Å²) in [6.07, 6.45) is 2.37. The fraction of sp³-hybridized carbons (Fsp3) is 0.250. The van der Waals surface area contributed by atoms with Crippen LogP contribution in [0.15, 0.2) is 24.4 Å². The Morgan fingerprint density at radius 1 is 1.40 bits per heavy atom. The molecule has 1 aromatic heterocycles. The van der Waals surface area contributed by atoms with Gasteiger partial charge >= 0.3 is 0 Å². The van der Waals surface area contributed by atoms with Gasteiger partial charge < -0.3 is 4.98 Å². The van der Waals surface area contributed by atoms with Gasteiger partial charge in [0.15, 0.2) is 15.6 Å². The molecular formula is C12H12N2O5S. The van der Waals surface area contributed by atoms with Gasteiger partial charge in [0.25, 0.3) is 5.69 Å². The molecule has 1 atom stereocenters. The van der Waals surface area contributed by atoms with Gasteiger partial charge in [-0.3, -0.25) is 14.9 Å². The van der Waals surface area contributed by atoms with Crippen molar-refractivity contribution in [3.05, 3.63) is 40.1 Å². The lowest BCUT2D eigenvalue weighted by atomic mass is 10.1. The van der Waals surface area contributed by atoms with Crippen LogP contribution in [-0.4, -0.2) is 35.6 Å². The van der Waals surface area contributed by atoms with E-state index in [4.69, 9.17) is 0 Å². The van der Waals surface area contributed by atoms with Gasteiger partial charge in [-0.1, -0.05) is 0 Å². The van der Waals surface area contributed by atoms with Crippen LogP contribution < -0.4 is 0 Å². The highest BCUT2D eigenvalue weighted by Gasteiger charge is 2.27. The maximum Gasteiger partial charge on any atom is 0.271 e. The number of aromatic nitrogens is 1. The van der Waals surface area contributed by atoms with Gasteiger partial charge in [-0.25, -0.2) is 8.42 Å². The molecular weight excluding hydrogens is 284 g/mol. The first-order valence-electron chi connectivity index (χ1n) is 5.70. The Balaban J connectivity index is 2.52. The average molecular weight is 296 g/mol. The van der Waals surface area contributed by atoms with Crippen molar-refractivity contribution in [3.8, 4) is 0 Å². The standard InChI is InChI=1S/C12H12N2O5S/c1-7(20(2,18)19)12(15)10-6-13-11-5-8(14(16)17)3-4-9(10)11/h3-7,13H,1-2H3. The molecule has 1 aromatic carbocycles. The Hall–Kier alpha value is -2.22. The number of nitro groups is 1. The number of nitrogens with zero attached hydrogens (tertiary/aromatic N) is 1. The van der Waals surface area contributed by atoms with Crippen LogP contribution in [0.4, 0.5) is 5.69 Å². The number of nitro benzene ring substituents is 1. The fourth-order valence-corrected chi connectivity index (χ4v) is 2.36. The molecule has 0 bridgehead atoms. The maximum atomic E-state index is 12.2. The highest BCUT2D eigenvalue weighted by molar-refractivity contribution is 7.92. The SMILES string of the molecule is CC(C(=O)c1c[nH]c2cc([N+](=O)[O-])ccc12)S(C)(=O)=O.